The molecule has 2 fully saturated rings. The molecule has 14 heteroatoms. The van der Waals surface area contributed by atoms with Gasteiger partial charge in [-0.3, -0.25) is 4.57 Å². The number of ether oxygens (including phenoxy) is 1. The fraction of sp³-hybridized carbons (Fsp3) is 0.419. The first-order chi connectivity index (χ1) is 21.9. The number of aromatic nitrogens is 8. The van der Waals surface area contributed by atoms with Crippen LogP contribution in [-0.4, -0.2) is 80.8 Å². The van der Waals surface area contributed by atoms with E-state index in [0.29, 0.717) is 29.5 Å². The fourth-order valence-corrected chi connectivity index (χ4v) is 6.25. The zero-order chi connectivity index (χ0) is 30.9. The molecule has 0 bridgehead atoms. The third kappa shape index (κ3) is 5.96. The van der Waals surface area contributed by atoms with Crippen LogP contribution >= 0.6 is 0 Å². The Labute approximate surface area is 259 Å². The highest BCUT2D eigenvalue weighted by Gasteiger charge is 2.47. The number of anilines is 2. The summed E-state index contributed by atoms with van der Waals surface area (Å²) >= 11 is 0. The highest BCUT2D eigenvalue weighted by atomic mass is 16.6. The Morgan fingerprint density at radius 3 is 2.29 bits per heavy atom. The molecule has 0 amide bonds. The van der Waals surface area contributed by atoms with E-state index < -0.39 is 24.5 Å². The van der Waals surface area contributed by atoms with E-state index in [9.17, 15) is 10.2 Å². The zero-order valence-corrected chi connectivity index (χ0v) is 24.9. The van der Waals surface area contributed by atoms with Crippen LogP contribution < -0.4 is 16.4 Å². The van der Waals surface area contributed by atoms with E-state index in [0.717, 1.165) is 25.7 Å². The van der Waals surface area contributed by atoms with Gasteiger partial charge in [0.05, 0.1) is 13.4 Å². The summed E-state index contributed by atoms with van der Waals surface area (Å²) in [5.41, 5.74) is 9.45. The SMILES string of the molecule is Cn1nnc([C@H]2O[C@@H](n3cnc4c(NCC(c5ccccc5)c5ccccc5)nc(NC5CCC(N)CC5)nc43)[C@H](O)[C@@H]2O)n1. The summed E-state index contributed by atoms with van der Waals surface area (Å²) in [6.45, 7) is 0.548. The number of nitrogens with zero attached hydrogens (tertiary/aromatic N) is 8. The van der Waals surface area contributed by atoms with Crippen molar-refractivity contribution in [1.29, 1.82) is 0 Å². The molecule has 3 aromatic heterocycles. The molecule has 234 valence electrons. The minimum Gasteiger partial charge on any atom is -0.387 e. The van der Waals surface area contributed by atoms with Crippen molar-refractivity contribution < 1.29 is 14.9 Å². The van der Waals surface area contributed by atoms with E-state index in [1.54, 1.807) is 17.9 Å². The van der Waals surface area contributed by atoms with Gasteiger partial charge in [0.15, 0.2) is 29.3 Å². The van der Waals surface area contributed by atoms with Gasteiger partial charge in [0.25, 0.3) is 0 Å². The number of nitrogens with one attached hydrogen (secondary N) is 2. The van der Waals surface area contributed by atoms with Crippen LogP contribution in [0, 0.1) is 0 Å². The molecular weight excluding hydrogens is 574 g/mol. The van der Waals surface area contributed by atoms with E-state index in [-0.39, 0.29) is 23.8 Å². The summed E-state index contributed by atoms with van der Waals surface area (Å²) in [5.74, 6) is 1.21. The van der Waals surface area contributed by atoms with Gasteiger partial charge in [-0.15, -0.1) is 10.2 Å². The van der Waals surface area contributed by atoms with Crippen molar-refractivity contribution in [3.05, 3.63) is 83.9 Å². The van der Waals surface area contributed by atoms with Gasteiger partial charge in [-0.05, 0) is 42.0 Å². The van der Waals surface area contributed by atoms with Gasteiger partial charge in [-0.1, -0.05) is 60.7 Å². The minimum absolute atomic E-state index is 0.0473. The first-order valence-electron chi connectivity index (χ1n) is 15.3. The lowest BCUT2D eigenvalue weighted by Crippen LogP contribution is -2.33. The topological polar surface area (TPSA) is 187 Å². The van der Waals surface area contributed by atoms with Gasteiger partial charge in [-0.2, -0.15) is 14.8 Å². The summed E-state index contributed by atoms with van der Waals surface area (Å²) in [5, 5.41) is 41.0. The van der Waals surface area contributed by atoms with Crippen LogP contribution in [0.2, 0.25) is 0 Å². The third-order valence-corrected chi connectivity index (χ3v) is 8.69. The zero-order valence-electron chi connectivity index (χ0n) is 24.9. The van der Waals surface area contributed by atoms with Gasteiger partial charge in [0.2, 0.25) is 11.8 Å². The molecule has 7 rings (SSSR count). The first-order valence-corrected chi connectivity index (χ1v) is 15.3. The second-order valence-electron chi connectivity index (χ2n) is 11.8. The fourth-order valence-electron chi connectivity index (χ4n) is 6.25. The maximum Gasteiger partial charge on any atom is 0.227 e. The van der Waals surface area contributed by atoms with Crippen LogP contribution in [0.4, 0.5) is 11.8 Å². The standard InChI is InChI=1S/C31H37N11O3/c1-41-39-28(38-40-41)26-24(43)25(44)30(45-26)42-17-34-23-27(36-31(37-29(23)42)35-21-14-12-20(32)13-15-21)33-16-22(18-8-4-2-5-9-18)19-10-6-3-7-11-19/h2-11,17,20-22,24-26,30,43-44H,12-16,32H2,1H3,(H2,33,35,36,37)/t20?,21?,24-,25+,26-,30+/m0/s1. The number of fused-ring (bicyclic) bond motifs is 1. The Bertz CT molecular complexity index is 1680. The lowest BCUT2D eigenvalue weighted by atomic mass is 9.91. The number of aliphatic hydroxyl groups excluding tert-OH is 2. The molecule has 6 N–H and O–H groups in total. The van der Waals surface area contributed by atoms with E-state index in [1.807, 2.05) is 36.4 Å². The van der Waals surface area contributed by atoms with Gasteiger partial charge in [0, 0.05) is 24.5 Å². The average Bonchev–Trinajstić information content (AvgIpc) is 3.76. The molecular formula is C31H37N11O3. The average molecular weight is 612 g/mol. The number of rotatable bonds is 9. The Balaban J connectivity index is 1.23. The van der Waals surface area contributed by atoms with Crippen molar-refractivity contribution >= 4 is 22.9 Å². The summed E-state index contributed by atoms with van der Waals surface area (Å²) in [6, 6.07) is 21.1. The number of nitrogens with two attached hydrogens (primary N) is 1. The lowest BCUT2D eigenvalue weighted by molar-refractivity contribution is -0.0384. The number of aliphatic hydroxyl groups is 2. The second kappa shape index (κ2) is 12.5. The van der Waals surface area contributed by atoms with E-state index in [2.05, 4.69) is 55.3 Å². The van der Waals surface area contributed by atoms with Crippen LogP contribution in [-0.2, 0) is 11.8 Å². The largest absolute Gasteiger partial charge is 0.387 e. The Morgan fingerprint density at radius 1 is 0.956 bits per heavy atom. The van der Waals surface area contributed by atoms with Crippen molar-refractivity contribution in [2.75, 3.05) is 17.2 Å². The van der Waals surface area contributed by atoms with Crippen molar-refractivity contribution in [3.8, 4) is 0 Å². The third-order valence-electron chi connectivity index (χ3n) is 8.69. The maximum absolute atomic E-state index is 11.1. The highest BCUT2D eigenvalue weighted by molar-refractivity contribution is 5.84. The lowest BCUT2D eigenvalue weighted by Gasteiger charge is -2.27. The van der Waals surface area contributed by atoms with Crippen LogP contribution in [0.3, 0.4) is 0 Å². The van der Waals surface area contributed by atoms with E-state index >= 15 is 0 Å². The van der Waals surface area contributed by atoms with Crippen molar-refractivity contribution in [2.45, 2.75) is 68.2 Å². The molecule has 2 aromatic carbocycles. The summed E-state index contributed by atoms with van der Waals surface area (Å²) in [6.07, 6.45) is 0.689. The number of hydrogen-bond donors (Lipinski definition) is 5. The second-order valence-corrected chi connectivity index (χ2v) is 11.8. The van der Waals surface area contributed by atoms with Crippen molar-refractivity contribution in [2.24, 2.45) is 12.8 Å². The molecule has 4 heterocycles. The predicted octanol–water partition coefficient (Wildman–Crippen LogP) is 2.27. The maximum atomic E-state index is 11.1. The van der Waals surface area contributed by atoms with E-state index in [1.165, 1.54) is 15.9 Å². The molecule has 1 saturated heterocycles. The molecule has 45 heavy (non-hydrogen) atoms. The molecule has 1 saturated carbocycles. The predicted molar refractivity (Wildman–Crippen MR) is 166 cm³/mol. The van der Waals surface area contributed by atoms with Crippen molar-refractivity contribution in [3.63, 3.8) is 0 Å². The molecule has 0 radical (unpaired) electrons. The molecule has 1 aliphatic heterocycles. The Hall–Kier alpha value is -4.50. The molecule has 1 aliphatic carbocycles. The quantitative estimate of drug-likeness (QED) is 0.164. The van der Waals surface area contributed by atoms with Crippen LogP contribution in [0.25, 0.3) is 11.2 Å². The summed E-state index contributed by atoms with van der Waals surface area (Å²) < 4.78 is 7.75. The molecule has 0 spiro atoms. The van der Waals surface area contributed by atoms with E-state index in [4.69, 9.17) is 20.4 Å². The minimum atomic E-state index is -1.29. The smallest absolute Gasteiger partial charge is 0.227 e. The highest BCUT2D eigenvalue weighted by Crippen LogP contribution is 2.39. The number of aryl methyl sites for hydroxylation is 1. The normalized spacial score (nSPS) is 25.2. The van der Waals surface area contributed by atoms with Gasteiger partial charge < -0.3 is 31.3 Å². The van der Waals surface area contributed by atoms with Crippen LogP contribution in [0.1, 0.15) is 60.9 Å². The molecule has 14 nitrogen and oxygen atoms in total. The van der Waals surface area contributed by atoms with Crippen LogP contribution in [0.5, 0.6) is 0 Å². The Morgan fingerprint density at radius 2 is 1.64 bits per heavy atom. The number of benzene rings is 2. The monoisotopic (exact) mass is 611 g/mol. The molecule has 4 atom stereocenters. The molecule has 5 aromatic rings. The summed E-state index contributed by atoms with van der Waals surface area (Å²) in [4.78, 5) is 15.7. The van der Waals surface area contributed by atoms with Gasteiger partial charge in [0.1, 0.15) is 12.2 Å². The summed E-state index contributed by atoms with van der Waals surface area (Å²) in [7, 11) is 1.62. The van der Waals surface area contributed by atoms with Gasteiger partial charge >= 0.3 is 0 Å². The number of hydrogen-bond acceptors (Lipinski definition) is 12. The molecule has 0 unspecified atom stereocenters. The first kappa shape index (κ1) is 29.2. The number of imidazole rings is 1. The van der Waals surface area contributed by atoms with Gasteiger partial charge in [-0.25, -0.2) is 4.98 Å². The number of tetrazole rings is 1. The Kier molecular flexibility index (Phi) is 8.10. The molecule has 2 aliphatic rings. The van der Waals surface area contributed by atoms with Crippen molar-refractivity contribution in [1.82, 2.24) is 39.7 Å². The van der Waals surface area contributed by atoms with Crippen LogP contribution in [0.15, 0.2) is 67.0 Å².